The summed E-state index contributed by atoms with van der Waals surface area (Å²) >= 11 is 0. The Bertz CT molecular complexity index is 458. The Morgan fingerprint density at radius 3 is 2.48 bits per heavy atom. The van der Waals surface area contributed by atoms with E-state index in [-0.39, 0.29) is 25.0 Å². The van der Waals surface area contributed by atoms with Gasteiger partial charge in [0.15, 0.2) is 0 Å². The monoisotopic (exact) mass is 322 g/mol. The van der Waals surface area contributed by atoms with E-state index in [9.17, 15) is 18.3 Å². The van der Waals surface area contributed by atoms with Gasteiger partial charge in [0.2, 0.25) is 0 Å². The molecular weight excluding hydrogens is 296 g/mol. The lowest BCUT2D eigenvalue weighted by Crippen LogP contribution is -2.56. The van der Waals surface area contributed by atoms with Gasteiger partial charge in [0, 0.05) is 19.2 Å². The van der Waals surface area contributed by atoms with Gasteiger partial charge in [-0.05, 0) is 31.1 Å². The molecule has 1 rings (SSSR count). The van der Waals surface area contributed by atoms with Gasteiger partial charge >= 0.3 is 5.97 Å². The maximum atomic E-state index is 12.5. The summed E-state index contributed by atoms with van der Waals surface area (Å²) in [6.07, 6.45) is 1.98. The minimum Gasteiger partial charge on any atom is -0.480 e. The molecule has 3 N–H and O–H groups in total. The minimum absolute atomic E-state index is 0.132. The third-order valence-electron chi connectivity index (χ3n) is 3.80. The topological polar surface area (TPSA) is 107 Å². The van der Waals surface area contributed by atoms with Gasteiger partial charge in [-0.1, -0.05) is 20.8 Å². The number of piperidine rings is 1. The molecule has 2 unspecified atom stereocenters. The van der Waals surface area contributed by atoms with Gasteiger partial charge in [-0.3, -0.25) is 4.79 Å². The van der Waals surface area contributed by atoms with Crippen LogP contribution >= 0.6 is 0 Å². The lowest BCUT2D eigenvalue weighted by atomic mass is 9.86. The number of nitrogens with zero attached hydrogens (tertiary/aromatic N) is 1. The van der Waals surface area contributed by atoms with Crippen LogP contribution in [0, 0.1) is 5.41 Å². The molecule has 0 saturated carbocycles. The average Bonchev–Trinajstić information content (AvgIpc) is 2.37. The quantitative estimate of drug-likeness (QED) is 0.662. The summed E-state index contributed by atoms with van der Waals surface area (Å²) in [5.41, 5.74) is -0.371. The van der Waals surface area contributed by atoms with Crippen LogP contribution in [0.4, 0.5) is 0 Å². The zero-order valence-electron chi connectivity index (χ0n) is 12.9. The van der Waals surface area contributed by atoms with Crippen molar-refractivity contribution >= 4 is 16.2 Å². The highest BCUT2D eigenvalue weighted by molar-refractivity contribution is 7.87. The van der Waals surface area contributed by atoms with Crippen molar-refractivity contribution in [3.8, 4) is 0 Å². The molecule has 0 bridgehead atoms. The third-order valence-corrected chi connectivity index (χ3v) is 5.44. The highest BCUT2D eigenvalue weighted by atomic mass is 32.2. The molecular formula is C13H26N2O5S. The Hall–Kier alpha value is -0.700. The zero-order chi connectivity index (χ0) is 16.3. The lowest BCUT2D eigenvalue weighted by Gasteiger charge is -2.36. The van der Waals surface area contributed by atoms with Crippen LogP contribution in [0.3, 0.4) is 0 Å². The Morgan fingerprint density at radius 1 is 1.38 bits per heavy atom. The van der Waals surface area contributed by atoms with Gasteiger partial charge in [0.1, 0.15) is 6.04 Å². The van der Waals surface area contributed by atoms with Crippen molar-refractivity contribution < 1.29 is 23.4 Å². The van der Waals surface area contributed by atoms with E-state index in [1.54, 1.807) is 0 Å². The molecule has 0 radical (unpaired) electrons. The van der Waals surface area contributed by atoms with Gasteiger partial charge in [-0.15, -0.1) is 0 Å². The molecule has 2 atom stereocenters. The molecule has 0 aromatic carbocycles. The fourth-order valence-electron chi connectivity index (χ4n) is 2.48. The SMILES string of the molecule is CC(C)(C)C(CCO)NS(=O)(=O)N1CCCCC1C(=O)O. The first-order valence-electron chi connectivity index (χ1n) is 7.22. The summed E-state index contributed by atoms with van der Waals surface area (Å²) in [6.45, 7) is 5.71. The van der Waals surface area contributed by atoms with E-state index in [1.165, 1.54) is 0 Å². The van der Waals surface area contributed by atoms with Crippen LogP contribution < -0.4 is 4.72 Å². The molecule has 1 heterocycles. The van der Waals surface area contributed by atoms with Crippen molar-refractivity contribution in [3.63, 3.8) is 0 Å². The molecule has 21 heavy (non-hydrogen) atoms. The first kappa shape index (κ1) is 18.3. The number of rotatable bonds is 6. The normalized spacial score (nSPS) is 23.0. The maximum absolute atomic E-state index is 12.5. The predicted molar refractivity (Wildman–Crippen MR) is 79.0 cm³/mol. The fourth-order valence-corrected chi connectivity index (χ4v) is 4.35. The minimum atomic E-state index is -3.89. The van der Waals surface area contributed by atoms with Gasteiger partial charge in [0.25, 0.3) is 10.2 Å². The van der Waals surface area contributed by atoms with Gasteiger partial charge in [-0.25, -0.2) is 0 Å². The average molecular weight is 322 g/mol. The van der Waals surface area contributed by atoms with Gasteiger partial charge in [0.05, 0.1) is 0 Å². The molecule has 124 valence electrons. The summed E-state index contributed by atoms with van der Waals surface area (Å²) in [6, 6.07) is -1.46. The molecule has 0 aromatic rings. The van der Waals surface area contributed by atoms with Crippen molar-refractivity contribution in [2.75, 3.05) is 13.2 Å². The smallest absolute Gasteiger partial charge is 0.322 e. The standard InChI is InChI=1S/C13H26N2O5S/c1-13(2,3)11(7-9-16)14-21(19,20)15-8-5-4-6-10(15)12(17)18/h10-11,14,16H,4-9H2,1-3H3,(H,17,18). The summed E-state index contributed by atoms with van der Waals surface area (Å²) in [4.78, 5) is 11.2. The number of aliphatic hydroxyl groups is 1. The van der Waals surface area contributed by atoms with Crippen molar-refractivity contribution in [2.24, 2.45) is 5.41 Å². The number of nitrogens with one attached hydrogen (secondary N) is 1. The molecule has 7 nitrogen and oxygen atoms in total. The number of aliphatic carboxylic acids is 1. The molecule has 1 aliphatic rings. The number of carboxylic acids is 1. The van der Waals surface area contributed by atoms with Crippen molar-refractivity contribution in [2.45, 2.75) is 58.5 Å². The highest BCUT2D eigenvalue weighted by Gasteiger charge is 2.39. The third kappa shape index (κ3) is 4.91. The molecule has 0 aromatic heterocycles. The van der Waals surface area contributed by atoms with Gasteiger partial charge < -0.3 is 10.2 Å². The molecule has 1 fully saturated rings. The fraction of sp³-hybridized carbons (Fsp3) is 0.923. The summed E-state index contributed by atoms with van der Waals surface area (Å²) in [5.74, 6) is -1.12. The zero-order valence-corrected chi connectivity index (χ0v) is 13.7. The Labute approximate surface area is 126 Å². The van der Waals surface area contributed by atoms with Crippen molar-refractivity contribution in [1.82, 2.24) is 9.03 Å². The second kappa shape index (κ2) is 7.04. The summed E-state index contributed by atoms with van der Waals surface area (Å²) in [7, 11) is -3.89. The van der Waals surface area contributed by atoms with E-state index in [0.717, 1.165) is 4.31 Å². The Morgan fingerprint density at radius 2 is 2.00 bits per heavy atom. The summed E-state index contributed by atoms with van der Waals surface area (Å²) in [5, 5.41) is 18.3. The van der Waals surface area contributed by atoms with E-state index >= 15 is 0 Å². The number of carboxylic acid groups (broad SMARTS) is 1. The molecule has 8 heteroatoms. The van der Waals surface area contributed by atoms with Crippen LogP contribution in [-0.4, -0.2) is 54.1 Å². The summed E-state index contributed by atoms with van der Waals surface area (Å²) < 4.78 is 28.6. The molecule has 0 amide bonds. The molecule has 0 spiro atoms. The number of hydrogen-bond acceptors (Lipinski definition) is 4. The van der Waals surface area contributed by atoms with Crippen LogP contribution in [0.25, 0.3) is 0 Å². The lowest BCUT2D eigenvalue weighted by molar-refractivity contribution is -0.142. The van der Waals surface area contributed by atoms with E-state index in [1.807, 2.05) is 20.8 Å². The van der Waals surface area contributed by atoms with Crippen LogP contribution in [0.5, 0.6) is 0 Å². The van der Waals surface area contributed by atoms with Crippen LogP contribution in [0.2, 0.25) is 0 Å². The second-order valence-corrected chi connectivity index (χ2v) is 8.17. The highest BCUT2D eigenvalue weighted by Crippen LogP contribution is 2.25. The second-order valence-electron chi connectivity index (χ2n) is 6.51. The maximum Gasteiger partial charge on any atom is 0.322 e. The first-order valence-corrected chi connectivity index (χ1v) is 8.66. The van der Waals surface area contributed by atoms with E-state index in [4.69, 9.17) is 5.11 Å². The molecule has 0 aliphatic carbocycles. The Kier molecular flexibility index (Phi) is 6.15. The van der Waals surface area contributed by atoms with Gasteiger partial charge in [-0.2, -0.15) is 17.4 Å². The Balaban J connectivity index is 2.94. The molecule has 1 aliphatic heterocycles. The molecule has 1 saturated heterocycles. The van der Waals surface area contributed by atoms with Crippen molar-refractivity contribution in [3.05, 3.63) is 0 Å². The number of carbonyl (C=O) groups is 1. The van der Waals surface area contributed by atoms with Crippen LogP contribution in [0.1, 0.15) is 46.5 Å². The van der Waals surface area contributed by atoms with E-state index in [2.05, 4.69) is 4.72 Å². The predicted octanol–water partition coefficient (Wildman–Crippen LogP) is 0.557. The van der Waals surface area contributed by atoms with Crippen LogP contribution in [-0.2, 0) is 15.0 Å². The van der Waals surface area contributed by atoms with Crippen LogP contribution in [0.15, 0.2) is 0 Å². The van der Waals surface area contributed by atoms with E-state index in [0.29, 0.717) is 19.3 Å². The first-order chi connectivity index (χ1) is 9.59. The number of aliphatic hydroxyl groups excluding tert-OH is 1. The number of hydrogen-bond donors (Lipinski definition) is 3. The largest absolute Gasteiger partial charge is 0.480 e. The van der Waals surface area contributed by atoms with Crippen molar-refractivity contribution in [1.29, 1.82) is 0 Å². The van der Waals surface area contributed by atoms with E-state index < -0.39 is 28.3 Å².